The van der Waals surface area contributed by atoms with Gasteiger partial charge in [0.25, 0.3) is 0 Å². The summed E-state index contributed by atoms with van der Waals surface area (Å²) in [5.41, 5.74) is 1.15. The van der Waals surface area contributed by atoms with E-state index in [-0.39, 0.29) is 16.4 Å². The summed E-state index contributed by atoms with van der Waals surface area (Å²) < 4.78 is 51.4. The zero-order valence-electron chi connectivity index (χ0n) is 17.7. The van der Waals surface area contributed by atoms with Crippen LogP contribution in [0.1, 0.15) is 5.56 Å². The molecule has 2 aromatic carbocycles. The molecule has 9 heteroatoms. The van der Waals surface area contributed by atoms with E-state index in [1.165, 1.54) is 24.3 Å². The third kappa shape index (κ3) is 5.43. The van der Waals surface area contributed by atoms with Crippen LogP contribution in [0.4, 0.5) is 0 Å². The Hall–Kier alpha value is -1.71. The van der Waals surface area contributed by atoms with Crippen LogP contribution < -0.4 is 0 Å². The molecule has 0 N–H and O–H groups in total. The number of hydrogen-bond acceptors (Lipinski definition) is 6. The van der Waals surface area contributed by atoms with E-state index in [1.807, 2.05) is 23.1 Å². The molecule has 2 heterocycles. The van der Waals surface area contributed by atoms with Crippen molar-refractivity contribution >= 4 is 37.4 Å². The average Bonchev–Trinajstić information content (AvgIpc) is 3.12. The van der Waals surface area contributed by atoms with Crippen molar-refractivity contribution in [3.63, 3.8) is 0 Å². The van der Waals surface area contributed by atoms with E-state index >= 15 is 0 Å². The number of benzene rings is 2. The van der Waals surface area contributed by atoms with E-state index in [4.69, 9.17) is 11.6 Å². The molecule has 0 spiro atoms. The summed E-state index contributed by atoms with van der Waals surface area (Å²) in [5.74, 6) is -0.443. The van der Waals surface area contributed by atoms with Gasteiger partial charge in [0.15, 0.2) is 19.7 Å². The van der Waals surface area contributed by atoms with Crippen LogP contribution >= 0.6 is 11.6 Å². The molecule has 0 amide bonds. The quantitative estimate of drug-likeness (QED) is 0.614. The first-order valence-corrected chi connectivity index (χ1v) is 14.4. The van der Waals surface area contributed by atoms with Gasteiger partial charge in [-0.2, -0.15) is 0 Å². The smallest absolute Gasteiger partial charge is 0.183 e. The molecule has 4 rings (SSSR count). The van der Waals surface area contributed by atoms with Crippen LogP contribution in [0.3, 0.4) is 0 Å². The van der Waals surface area contributed by atoms with Crippen molar-refractivity contribution < 1.29 is 16.8 Å². The minimum atomic E-state index is -3.79. The maximum absolute atomic E-state index is 13.3. The van der Waals surface area contributed by atoms with Gasteiger partial charge in [0.1, 0.15) is 0 Å². The molecule has 2 aliphatic heterocycles. The van der Waals surface area contributed by atoms with E-state index in [2.05, 4.69) is 29.2 Å². The lowest BCUT2D eigenvalue weighted by atomic mass is 10.1. The maximum Gasteiger partial charge on any atom is 0.183 e. The molecule has 2 fully saturated rings. The van der Waals surface area contributed by atoms with Crippen molar-refractivity contribution in [2.45, 2.75) is 16.2 Å². The predicted octanol–water partition coefficient (Wildman–Crippen LogP) is 2.61. The molecule has 0 radical (unpaired) electrons. The van der Waals surface area contributed by atoms with Gasteiger partial charge in [-0.15, -0.1) is 0 Å². The molecule has 32 heavy (non-hydrogen) atoms. The summed E-state index contributed by atoms with van der Waals surface area (Å²) in [6.07, 6.45) is 4.21. The first kappa shape index (κ1) is 23.4. The van der Waals surface area contributed by atoms with E-state index in [1.54, 1.807) is 0 Å². The highest BCUT2D eigenvalue weighted by Gasteiger charge is 2.48. The van der Waals surface area contributed by atoms with Gasteiger partial charge in [-0.1, -0.05) is 54.1 Å². The van der Waals surface area contributed by atoms with E-state index < -0.39 is 31.0 Å². The number of hydrogen-bond donors (Lipinski definition) is 0. The highest BCUT2D eigenvalue weighted by Crippen LogP contribution is 2.30. The number of piperazine rings is 1. The van der Waals surface area contributed by atoms with Gasteiger partial charge in [0, 0.05) is 43.8 Å². The molecule has 0 saturated carbocycles. The van der Waals surface area contributed by atoms with Crippen LogP contribution in [0.2, 0.25) is 5.02 Å². The monoisotopic (exact) mass is 494 g/mol. The minimum Gasteiger partial charge on any atom is -0.297 e. The van der Waals surface area contributed by atoms with Gasteiger partial charge in [-0.3, -0.25) is 9.80 Å². The van der Waals surface area contributed by atoms with Crippen LogP contribution in [-0.4, -0.2) is 82.2 Å². The summed E-state index contributed by atoms with van der Waals surface area (Å²) in [7, 11) is -7.21. The summed E-state index contributed by atoms with van der Waals surface area (Å²) >= 11 is 5.89. The molecule has 2 aromatic rings. The predicted molar refractivity (Wildman–Crippen MR) is 128 cm³/mol. The number of sulfone groups is 2. The molecule has 0 aliphatic carbocycles. The Balaban J connectivity index is 1.42. The number of halogens is 1. The molecule has 2 aliphatic rings. The molecular formula is C23H27ClN2O4S2. The zero-order valence-corrected chi connectivity index (χ0v) is 20.1. The van der Waals surface area contributed by atoms with Crippen LogP contribution in [0.25, 0.3) is 6.08 Å². The Bertz CT molecular complexity index is 1160. The SMILES string of the molecule is O=S1(=O)C[C@H](N2CCN(CC=Cc3ccccc3)CC2)[C@@H](S(=O)(=O)c2ccc(Cl)cc2)C1. The summed E-state index contributed by atoms with van der Waals surface area (Å²) in [4.78, 5) is 4.46. The largest absolute Gasteiger partial charge is 0.297 e. The second-order valence-corrected chi connectivity index (χ2v) is 13.1. The molecule has 0 unspecified atom stereocenters. The summed E-state index contributed by atoms with van der Waals surface area (Å²) in [6, 6.07) is 15.5. The molecule has 6 nitrogen and oxygen atoms in total. The molecule has 172 valence electrons. The topological polar surface area (TPSA) is 74.8 Å². The van der Waals surface area contributed by atoms with Gasteiger partial charge in [-0.25, -0.2) is 16.8 Å². The summed E-state index contributed by atoms with van der Waals surface area (Å²) in [5, 5.41) is -0.518. The zero-order chi connectivity index (χ0) is 22.8. The molecule has 2 atom stereocenters. The van der Waals surface area contributed by atoms with Crippen molar-refractivity contribution in [1.82, 2.24) is 9.80 Å². The van der Waals surface area contributed by atoms with Crippen LogP contribution in [0.5, 0.6) is 0 Å². The lowest BCUT2D eigenvalue weighted by Gasteiger charge is -2.39. The van der Waals surface area contributed by atoms with Crippen LogP contribution in [-0.2, 0) is 19.7 Å². The Morgan fingerprint density at radius 1 is 0.938 bits per heavy atom. The van der Waals surface area contributed by atoms with E-state index in [0.29, 0.717) is 18.1 Å². The molecule has 0 aromatic heterocycles. The first-order valence-electron chi connectivity index (χ1n) is 10.6. The van der Waals surface area contributed by atoms with Crippen molar-refractivity contribution in [3.8, 4) is 0 Å². The van der Waals surface area contributed by atoms with Crippen LogP contribution in [0, 0.1) is 0 Å². The lowest BCUT2D eigenvalue weighted by Crippen LogP contribution is -2.54. The second kappa shape index (κ2) is 9.65. The Labute approximate surface area is 195 Å². The Morgan fingerprint density at radius 2 is 1.59 bits per heavy atom. The minimum absolute atomic E-state index is 0.113. The van der Waals surface area contributed by atoms with Crippen molar-refractivity contribution in [2.75, 3.05) is 44.2 Å². The van der Waals surface area contributed by atoms with Gasteiger partial charge in [0.05, 0.1) is 21.7 Å². The normalized spacial score (nSPS) is 24.8. The average molecular weight is 495 g/mol. The third-order valence-electron chi connectivity index (χ3n) is 6.16. The maximum atomic E-state index is 13.3. The first-order chi connectivity index (χ1) is 15.2. The Morgan fingerprint density at radius 3 is 2.25 bits per heavy atom. The molecule has 2 saturated heterocycles. The van der Waals surface area contributed by atoms with Crippen molar-refractivity contribution in [3.05, 3.63) is 71.3 Å². The third-order valence-corrected chi connectivity index (χ3v) is 10.5. The lowest BCUT2D eigenvalue weighted by molar-refractivity contribution is 0.113. The Kier molecular flexibility index (Phi) is 7.07. The molecular weight excluding hydrogens is 468 g/mol. The van der Waals surface area contributed by atoms with Gasteiger partial charge < -0.3 is 0 Å². The van der Waals surface area contributed by atoms with Gasteiger partial charge in [0.2, 0.25) is 0 Å². The summed E-state index contributed by atoms with van der Waals surface area (Å²) in [6.45, 7) is 3.63. The molecule has 0 bridgehead atoms. The van der Waals surface area contributed by atoms with Gasteiger partial charge >= 0.3 is 0 Å². The second-order valence-electron chi connectivity index (χ2n) is 8.33. The van der Waals surface area contributed by atoms with Crippen molar-refractivity contribution in [2.24, 2.45) is 0 Å². The van der Waals surface area contributed by atoms with E-state index in [0.717, 1.165) is 25.2 Å². The number of nitrogens with zero attached hydrogens (tertiary/aromatic N) is 2. The highest BCUT2D eigenvalue weighted by atomic mass is 35.5. The van der Waals surface area contributed by atoms with E-state index in [9.17, 15) is 16.8 Å². The highest BCUT2D eigenvalue weighted by molar-refractivity contribution is 7.96. The van der Waals surface area contributed by atoms with Gasteiger partial charge in [-0.05, 0) is 29.8 Å². The fraction of sp³-hybridized carbons (Fsp3) is 0.391. The number of rotatable bonds is 6. The van der Waals surface area contributed by atoms with Crippen LogP contribution in [0.15, 0.2) is 65.6 Å². The standard InChI is InChI=1S/C23H27ClN2O4S2/c24-20-8-10-21(11-9-20)32(29,30)23-18-31(27,28)17-22(23)26-15-13-25(14-16-26)12-4-7-19-5-2-1-3-6-19/h1-11,22-23H,12-18H2/t22-,23-/m0/s1. The fourth-order valence-corrected chi connectivity index (χ4v) is 9.37. The fourth-order valence-electron chi connectivity index (χ4n) is 4.41. The van der Waals surface area contributed by atoms with Crippen molar-refractivity contribution in [1.29, 1.82) is 0 Å².